The zero-order valence-electron chi connectivity index (χ0n) is 8.57. The van der Waals surface area contributed by atoms with Gasteiger partial charge < -0.3 is 9.32 Å². The summed E-state index contributed by atoms with van der Waals surface area (Å²) in [4.78, 5) is 17.6. The van der Waals surface area contributed by atoms with E-state index in [1.807, 2.05) is 6.92 Å². The SMILES string of the molecule is Cc1cnc(CN2CCCC(Br)C2=O)o1. The lowest BCUT2D eigenvalue weighted by Gasteiger charge is -2.28. The number of amides is 1. The van der Waals surface area contributed by atoms with Crippen molar-refractivity contribution in [3.05, 3.63) is 17.8 Å². The first kappa shape index (κ1) is 10.7. The van der Waals surface area contributed by atoms with Crippen LogP contribution in [0, 0.1) is 6.92 Å². The highest BCUT2D eigenvalue weighted by Gasteiger charge is 2.27. The molecule has 82 valence electrons. The van der Waals surface area contributed by atoms with Crippen LogP contribution in [-0.2, 0) is 11.3 Å². The van der Waals surface area contributed by atoms with E-state index in [1.165, 1.54) is 0 Å². The topological polar surface area (TPSA) is 46.3 Å². The Labute approximate surface area is 96.8 Å². The number of rotatable bonds is 2. The quantitative estimate of drug-likeness (QED) is 0.773. The molecule has 1 fully saturated rings. The van der Waals surface area contributed by atoms with Crippen LogP contribution in [-0.4, -0.2) is 27.2 Å². The summed E-state index contributed by atoms with van der Waals surface area (Å²) < 4.78 is 5.35. The summed E-state index contributed by atoms with van der Waals surface area (Å²) in [5.41, 5.74) is 0. The summed E-state index contributed by atoms with van der Waals surface area (Å²) in [6.07, 6.45) is 3.62. The fourth-order valence-corrected chi connectivity index (χ4v) is 2.30. The predicted molar refractivity (Wildman–Crippen MR) is 58.6 cm³/mol. The zero-order valence-corrected chi connectivity index (χ0v) is 10.2. The minimum Gasteiger partial charge on any atom is -0.444 e. The number of hydrogen-bond donors (Lipinski definition) is 0. The lowest BCUT2D eigenvalue weighted by atomic mass is 10.1. The molecule has 0 spiro atoms. The Morgan fingerprint density at radius 2 is 2.53 bits per heavy atom. The maximum atomic E-state index is 11.7. The molecule has 1 atom stereocenters. The van der Waals surface area contributed by atoms with Crippen LogP contribution in [0.15, 0.2) is 10.6 Å². The van der Waals surface area contributed by atoms with Gasteiger partial charge in [-0.05, 0) is 19.8 Å². The lowest BCUT2D eigenvalue weighted by molar-refractivity contribution is -0.133. The average Bonchev–Trinajstić information content (AvgIpc) is 2.59. The molecule has 1 aliphatic rings. The molecule has 2 heterocycles. The normalized spacial score (nSPS) is 22.1. The van der Waals surface area contributed by atoms with Crippen LogP contribution in [0.4, 0.5) is 0 Å². The fraction of sp³-hybridized carbons (Fsp3) is 0.600. The number of aryl methyl sites for hydroxylation is 1. The summed E-state index contributed by atoms with van der Waals surface area (Å²) in [6, 6.07) is 0. The van der Waals surface area contributed by atoms with E-state index in [4.69, 9.17) is 4.42 Å². The van der Waals surface area contributed by atoms with Gasteiger partial charge in [-0.1, -0.05) is 15.9 Å². The van der Waals surface area contributed by atoms with E-state index in [2.05, 4.69) is 20.9 Å². The van der Waals surface area contributed by atoms with Crippen molar-refractivity contribution in [1.82, 2.24) is 9.88 Å². The minimum atomic E-state index is -0.0395. The maximum absolute atomic E-state index is 11.7. The van der Waals surface area contributed by atoms with Crippen molar-refractivity contribution < 1.29 is 9.21 Å². The van der Waals surface area contributed by atoms with E-state index in [0.717, 1.165) is 25.1 Å². The minimum absolute atomic E-state index is 0.0395. The highest BCUT2D eigenvalue weighted by atomic mass is 79.9. The third-order valence-corrected chi connectivity index (χ3v) is 3.31. The number of aromatic nitrogens is 1. The van der Waals surface area contributed by atoms with Crippen molar-refractivity contribution in [1.29, 1.82) is 0 Å². The van der Waals surface area contributed by atoms with Gasteiger partial charge in [0.15, 0.2) is 0 Å². The monoisotopic (exact) mass is 272 g/mol. The van der Waals surface area contributed by atoms with Gasteiger partial charge in [-0.3, -0.25) is 4.79 Å². The fourth-order valence-electron chi connectivity index (χ4n) is 1.69. The smallest absolute Gasteiger partial charge is 0.236 e. The summed E-state index contributed by atoms with van der Waals surface area (Å²) in [7, 11) is 0. The summed E-state index contributed by atoms with van der Waals surface area (Å²) >= 11 is 3.37. The maximum Gasteiger partial charge on any atom is 0.236 e. The molecule has 4 nitrogen and oxygen atoms in total. The second-order valence-corrected chi connectivity index (χ2v) is 4.84. The molecule has 0 aromatic carbocycles. The van der Waals surface area contributed by atoms with Crippen LogP contribution >= 0.6 is 15.9 Å². The molecule has 0 aliphatic carbocycles. The number of halogens is 1. The predicted octanol–water partition coefficient (Wildman–Crippen LogP) is 1.87. The summed E-state index contributed by atoms with van der Waals surface area (Å²) in [5.74, 6) is 1.53. The number of hydrogen-bond acceptors (Lipinski definition) is 3. The first-order chi connectivity index (χ1) is 7.16. The number of carbonyl (C=O) groups excluding carboxylic acids is 1. The molecule has 1 aromatic heterocycles. The third-order valence-electron chi connectivity index (χ3n) is 2.46. The molecule has 1 aromatic rings. The molecule has 0 bridgehead atoms. The molecule has 15 heavy (non-hydrogen) atoms. The molecule has 0 N–H and O–H groups in total. The molecule has 0 radical (unpaired) electrons. The molecular formula is C10H13BrN2O2. The van der Waals surface area contributed by atoms with E-state index < -0.39 is 0 Å². The number of likely N-dealkylation sites (tertiary alicyclic amines) is 1. The van der Waals surface area contributed by atoms with Crippen LogP contribution in [0.1, 0.15) is 24.5 Å². The molecule has 5 heteroatoms. The highest BCUT2D eigenvalue weighted by Crippen LogP contribution is 2.20. The van der Waals surface area contributed by atoms with E-state index in [0.29, 0.717) is 12.4 Å². The Bertz CT molecular complexity index is 364. The summed E-state index contributed by atoms with van der Waals surface area (Å²) in [5, 5.41) is 0. The zero-order chi connectivity index (χ0) is 10.8. The highest BCUT2D eigenvalue weighted by molar-refractivity contribution is 9.10. The van der Waals surface area contributed by atoms with Crippen molar-refractivity contribution in [2.24, 2.45) is 0 Å². The van der Waals surface area contributed by atoms with Crippen LogP contribution in [0.25, 0.3) is 0 Å². The first-order valence-electron chi connectivity index (χ1n) is 5.01. The molecule has 1 unspecified atom stereocenters. The van der Waals surface area contributed by atoms with Crippen molar-refractivity contribution in [2.45, 2.75) is 31.1 Å². The number of piperidine rings is 1. The van der Waals surface area contributed by atoms with Crippen molar-refractivity contribution >= 4 is 21.8 Å². The van der Waals surface area contributed by atoms with Gasteiger partial charge in [-0.25, -0.2) is 4.98 Å². The molecule has 0 saturated carbocycles. The van der Waals surface area contributed by atoms with Gasteiger partial charge in [0.25, 0.3) is 0 Å². The Morgan fingerprint density at radius 3 is 3.20 bits per heavy atom. The summed E-state index contributed by atoms with van der Waals surface area (Å²) in [6.45, 7) is 3.12. The second kappa shape index (κ2) is 4.35. The van der Waals surface area contributed by atoms with Crippen LogP contribution in [0.2, 0.25) is 0 Å². The van der Waals surface area contributed by atoms with Crippen LogP contribution < -0.4 is 0 Å². The standard InChI is InChI=1S/C10H13BrN2O2/c1-7-5-12-9(15-7)6-13-4-2-3-8(11)10(13)14/h5,8H,2-4,6H2,1H3. The van der Waals surface area contributed by atoms with Gasteiger partial charge in [0.1, 0.15) is 5.76 Å². The Balaban J connectivity index is 2.02. The van der Waals surface area contributed by atoms with Gasteiger partial charge in [-0.15, -0.1) is 0 Å². The van der Waals surface area contributed by atoms with E-state index in [9.17, 15) is 4.79 Å². The second-order valence-electron chi connectivity index (χ2n) is 3.73. The van der Waals surface area contributed by atoms with Crippen LogP contribution in [0.5, 0.6) is 0 Å². The van der Waals surface area contributed by atoms with Gasteiger partial charge in [0, 0.05) is 6.54 Å². The lowest BCUT2D eigenvalue weighted by Crippen LogP contribution is -2.41. The number of nitrogens with zero attached hydrogens (tertiary/aromatic N) is 2. The van der Waals surface area contributed by atoms with E-state index in [-0.39, 0.29) is 10.7 Å². The van der Waals surface area contributed by atoms with Gasteiger partial charge >= 0.3 is 0 Å². The first-order valence-corrected chi connectivity index (χ1v) is 5.92. The number of oxazole rings is 1. The van der Waals surface area contributed by atoms with Gasteiger partial charge in [0.2, 0.25) is 11.8 Å². The third kappa shape index (κ3) is 2.40. The molecule has 2 rings (SSSR count). The van der Waals surface area contributed by atoms with Gasteiger partial charge in [0.05, 0.1) is 17.6 Å². The average molecular weight is 273 g/mol. The Hall–Kier alpha value is -0.840. The Morgan fingerprint density at radius 1 is 1.73 bits per heavy atom. The van der Waals surface area contributed by atoms with Crippen molar-refractivity contribution in [3.8, 4) is 0 Å². The van der Waals surface area contributed by atoms with E-state index >= 15 is 0 Å². The molecule has 1 amide bonds. The number of alkyl halides is 1. The van der Waals surface area contributed by atoms with Crippen molar-refractivity contribution in [3.63, 3.8) is 0 Å². The molecular weight excluding hydrogens is 260 g/mol. The largest absolute Gasteiger partial charge is 0.444 e. The number of carbonyl (C=O) groups is 1. The van der Waals surface area contributed by atoms with Gasteiger partial charge in [-0.2, -0.15) is 0 Å². The molecule has 1 aliphatic heterocycles. The van der Waals surface area contributed by atoms with Crippen molar-refractivity contribution in [2.75, 3.05) is 6.54 Å². The van der Waals surface area contributed by atoms with E-state index in [1.54, 1.807) is 11.1 Å². The van der Waals surface area contributed by atoms with Crippen LogP contribution in [0.3, 0.4) is 0 Å². The molecule has 1 saturated heterocycles. The Kier molecular flexibility index (Phi) is 3.09.